The lowest BCUT2D eigenvalue weighted by atomic mass is 9.94. The molecule has 1 aromatic carbocycles. The van der Waals surface area contributed by atoms with Gasteiger partial charge < -0.3 is 9.73 Å². The van der Waals surface area contributed by atoms with Gasteiger partial charge in [-0.2, -0.15) is 4.31 Å². The van der Waals surface area contributed by atoms with Crippen molar-refractivity contribution < 1.29 is 22.0 Å². The van der Waals surface area contributed by atoms with Gasteiger partial charge in [-0.05, 0) is 51.3 Å². The summed E-state index contributed by atoms with van der Waals surface area (Å²) in [7, 11) is -3.69. The molecule has 0 saturated carbocycles. The maximum atomic E-state index is 13.3. The summed E-state index contributed by atoms with van der Waals surface area (Å²) in [6.07, 6.45) is 1.63. The number of amides is 1. The second kappa shape index (κ2) is 7.50. The molecule has 0 atom stereocenters. The number of furan rings is 1. The first-order valence-corrected chi connectivity index (χ1v) is 10.7. The summed E-state index contributed by atoms with van der Waals surface area (Å²) in [6.45, 7) is 5.86. The van der Waals surface area contributed by atoms with E-state index >= 15 is 0 Å². The fourth-order valence-electron chi connectivity index (χ4n) is 3.31. The van der Waals surface area contributed by atoms with Crippen molar-refractivity contribution in [3.05, 3.63) is 52.2 Å². The first-order valence-electron chi connectivity index (χ1n) is 8.91. The van der Waals surface area contributed by atoms with Gasteiger partial charge in [-0.25, -0.2) is 12.8 Å². The minimum Gasteiger partial charge on any atom is -0.455 e. The Labute approximate surface area is 168 Å². The van der Waals surface area contributed by atoms with Crippen LogP contribution in [-0.4, -0.2) is 31.7 Å². The number of carbonyl (C=O) groups excluding carboxylic acids is 1. The highest BCUT2D eigenvalue weighted by atomic mass is 35.5. The molecule has 1 N–H and O–H groups in total. The van der Waals surface area contributed by atoms with Crippen molar-refractivity contribution in [3.63, 3.8) is 0 Å². The fraction of sp³-hybridized carbons (Fsp3) is 0.421. The van der Waals surface area contributed by atoms with Crippen LogP contribution in [-0.2, 0) is 15.6 Å². The van der Waals surface area contributed by atoms with Gasteiger partial charge in [0.05, 0.1) is 5.54 Å². The summed E-state index contributed by atoms with van der Waals surface area (Å²) in [6, 6.07) is 5.17. The number of carbonyl (C=O) groups is 1. The Balaban J connectivity index is 1.85. The monoisotopic (exact) mass is 428 g/mol. The van der Waals surface area contributed by atoms with Crippen molar-refractivity contribution in [3.8, 4) is 0 Å². The van der Waals surface area contributed by atoms with Gasteiger partial charge >= 0.3 is 0 Å². The zero-order valence-corrected chi connectivity index (χ0v) is 17.5. The molecule has 1 aromatic heterocycles. The van der Waals surface area contributed by atoms with Crippen LogP contribution >= 0.6 is 11.6 Å². The Morgan fingerprint density at radius 2 is 1.89 bits per heavy atom. The van der Waals surface area contributed by atoms with Gasteiger partial charge in [0.15, 0.2) is 5.76 Å². The molecule has 1 aliphatic rings. The highest BCUT2D eigenvalue weighted by Crippen LogP contribution is 2.30. The zero-order valence-electron chi connectivity index (χ0n) is 15.9. The number of nitrogens with zero attached hydrogens (tertiary/aromatic N) is 1. The molecule has 0 unspecified atom stereocenters. The lowest BCUT2D eigenvalue weighted by Crippen LogP contribution is -2.41. The Hall–Kier alpha value is -1.90. The van der Waals surface area contributed by atoms with Crippen LogP contribution < -0.4 is 5.32 Å². The largest absolute Gasteiger partial charge is 0.455 e. The molecule has 2 heterocycles. The van der Waals surface area contributed by atoms with E-state index in [2.05, 4.69) is 5.32 Å². The van der Waals surface area contributed by atoms with Gasteiger partial charge in [0.25, 0.3) is 5.91 Å². The number of sulfonamides is 1. The first kappa shape index (κ1) is 20.8. The maximum Gasteiger partial charge on any atom is 0.287 e. The third-order valence-electron chi connectivity index (χ3n) is 4.81. The third kappa shape index (κ3) is 3.94. The van der Waals surface area contributed by atoms with Crippen molar-refractivity contribution in [2.45, 2.75) is 44.0 Å². The first-order chi connectivity index (χ1) is 13.0. The second-order valence-electron chi connectivity index (χ2n) is 7.35. The average molecular weight is 429 g/mol. The molecule has 0 aliphatic carbocycles. The quantitative estimate of drug-likeness (QED) is 0.784. The van der Waals surface area contributed by atoms with E-state index in [0.717, 1.165) is 12.8 Å². The van der Waals surface area contributed by atoms with E-state index in [-0.39, 0.29) is 21.4 Å². The predicted octanol–water partition coefficient (Wildman–Crippen LogP) is 3.83. The number of nitrogens with one attached hydrogen (secondary N) is 1. The summed E-state index contributed by atoms with van der Waals surface area (Å²) in [4.78, 5) is 12.7. The van der Waals surface area contributed by atoms with Crippen molar-refractivity contribution in [2.24, 2.45) is 0 Å². The van der Waals surface area contributed by atoms with E-state index in [1.165, 1.54) is 35.5 Å². The Morgan fingerprint density at radius 3 is 2.50 bits per heavy atom. The minimum atomic E-state index is -3.69. The van der Waals surface area contributed by atoms with Crippen molar-refractivity contribution in [1.82, 2.24) is 9.62 Å². The van der Waals surface area contributed by atoms with Crippen molar-refractivity contribution in [1.29, 1.82) is 0 Å². The predicted molar refractivity (Wildman–Crippen MR) is 103 cm³/mol. The zero-order chi connectivity index (χ0) is 20.7. The van der Waals surface area contributed by atoms with E-state index in [9.17, 15) is 17.6 Å². The second-order valence-corrected chi connectivity index (χ2v) is 9.66. The molecule has 152 valence electrons. The SMILES string of the molecule is Cc1oc(C(=O)NC(C)(C)c2ccc(F)cc2Cl)cc1S(=O)(=O)N1CCCC1. The minimum absolute atomic E-state index is 0.00262. The molecule has 6 nitrogen and oxygen atoms in total. The molecule has 9 heteroatoms. The van der Waals surface area contributed by atoms with Crippen LogP contribution in [0.25, 0.3) is 0 Å². The molecule has 0 bridgehead atoms. The molecule has 3 rings (SSSR count). The molecular formula is C19H22ClFN2O4S. The van der Waals surface area contributed by atoms with Crippen LogP contribution in [0.4, 0.5) is 4.39 Å². The topological polar surface area (TPSA) is 79.6 Å². The maximum absolute atomic E-state index is 13.3. The summed E-state index contributed by atoms with van der Waals surface area (Å²) >= 11 is 6.11. The normalized spacial score (nSPS) is 15.8. The van der Waals surface area contributed by atoms with Crippen molar-refractivity contribution >= 4 is 27.5 Å². The lowest BCUT2D eigenvalue weighted by Gasteiger charge is -2.27. The van der Waals surface area contributed by atoms with Crippen LogP contribution in [0.1, 0.15) is 48.6 Å². The van der Waals surface area contributed by atoms with Gasteiger partial charge in [0.1, 0.15) is 16.5 Å². The molecule has 1 aliphatic heterocycles. The third-order valence-corrected chi connectivity index (χ3v) is 7.13. The molecule has 2 aromatic rings. The van der Waals surface area contributed by atoms with Gasteiger partial charge in [-0.15, -0.1) is 0 Å². The number of hydrogen-bond acceptors (Lipinski definition) is 4. The van der Waals surface area contributed by atoms with Gasteiger partial charge in [0, 0.05) is 24.2 Å². The van der Waals surface area contributed by atoms with E-state index in [4.69, 9.17) is 16.0 Å². The summed E-state index contributed by atoms with van der Waals surface area (Å²) < 4.78 is 45.7. The number of halogens is 2. The lowest BCUT2D eigenvalue weighted by molar-refractivity contribution is 0.0882. The Morgan fingerprint density at radius 1 is 1.25 bits per heavy atom. The summed E-state index contributed by atoms with van der Waals surface area (Å²) in [5, 5.41) is 2.94. The molecule has 28 heavy (non-hydrogen) atoms. The fourth-order valence-corrected chi connectivity index (χ4v) is 5.39. The molecule has 1 amide bonds. The van der Waals surface area contributed by atoms with E-state index in [1.54, 1.807) is 13.8 Å². The highest BCUT2D eigenvalue weighted by molar-refractivity contribution is 7.89. The Bertz CT molecular complexity index is 1010. The number of aryl methyl sites for hydroxylation is 1. The standard InChI is InChI=1S/C19H22ClFN2O4S/c1-12-17(28(25,26)23-8-4-5-9-23)11-16(27-12)18(24)22-19(2,3)14-7-6-13(21)10-15(14)20/h6-7,10-11H,4-5,8-9H2,1-3H3,(H,22,24). The smallest absolute Gasteiger partial charge is 0.287 e. The number of rotatable bonds is 5. The van der Waals surface area contributed by atoms with E-state index in [1.807, 2.05) is 0 Å². The Kier molecular flexibility index (Phi) is 5.58. The van der Waals surface area contributed by atoms with Gasteiger partial charge in [-0.3, -0.25) is 4.79 Å². The van der Waals surface area contributed by atoms with Crippen LogP contribution in [0.2, 0.25) is 5.02 Å². The summed E-state index contributed by atoms with van der Waals surface area (Å²) in [5.74, 6) is -1.01. The van der Waals surface area contributed by atoms with Crippen LogP contribution in [0.3, 0.4) is 0 Å². The number of hydrogen-bond donors (Lipinski definition) is 1. The van der Waals surface area contributed by atoms with Gasteiger partial charge in [0.2, 0.25) is 10.0 Å². The van der Waals surface area contributed by atoms with Crippen LogP contribution in [0, 0.1) is 12.7 Å². The molecular weight excluding hydrogens is 407 g/mol. The van der Waals surface area contributed by atoms with Gasteiger partial charge in [-0.1, -0.05) is 17.7 Å². The van der Waals surface area contributed by atoms with E-state index in [0.29, 0.717) is 18.7 Å². The molecule has 1 fully saturated rings. The molecule has 0 radical (unpaired) electrons. The summed E-state index contributed by atoms with van der Waals surface area (Å²) in [5.41, 5.74) is -0.409. The molecule has 0 spiro atoms. The number of benzene rings is 1. The van der Waals surface area contributed by atoms with Crippen molar-refractivity contribution in [2.75, 3.05) is 13.1 Å². The van der Waals surface area contributed by atoms with Crippen LogP contribution in [0.15, 0.2) is 33.6 Å². The van der Waals surface area contributed by atoms with E-state index < -0.39 is 27.3 Å². The highest BCUT2D eigenvalue weighted by Gasteiger charge is 2.33. The average Bonchev–Trinajstić information content (AvgIpc) is 3.24. The van der Waals surface area contributed by atoms with Crippen LogP contribution in [0.5, 0.6) is 0 Å². The molecule has 1 saturated heterocycles.